The Kier molecular flexibility index (Phi) is 4.69. The standard InChI is InChI=1S/C13H16Cl2/c1-4-9(2)7-10(3)12-6-5-11(14)8-13(12)15/h5-9H,4H2,1-3H3/b10-7+. The molecule has 0 aliphatic carbocycles. The fourth-order valence-electron chi connectivity index (χ4n) is 1.44. The van der Waals surface area contributed by atoms with Crippen molar-refractivity contribution in [3.8, 4) is 0 Å². The molecule has 1 rings (SSSR count). The van der Waals surface area contributed by atoms with Crippen LogP contribution in [0.4, 0.5) is 0 Å². The molecule has 0 bridgehead atoms. The summed E-state index contributed by atoms with van der Waals surface area (Å²) in [6, 6.07) is 5.63. The van der Waals surface area contributed by atoms with Gasteiger partial charge >= 0.3 is 0 Å². The Morgan fingerprint density at radius 2 is 2.07 bits per heavy atom. The van der Waals surface area contributed by atoms with Gasteiger partial charge in [-0.05, 0) is 36.1 Å². The maximum atomic E-state index is 6.13. The highest BCUT2D eigenvalue weighted by atomic mass is 35.5. The van der Waals surface area contributed by atoms with Crippen LogP contribution in [0.15, 0.2) is 24.3 Å². The van der Waals surface area contributed by atoms with E-state index in [9.17, 15) is 0 Å². The Hall–Kier alpha value is -0.460. The van der Waals surface area contributed by atoms with Gasteiger partial charge in [-0.2, -0.15) is 0 Å². The predicted octanol–water partition coefficient (Wildman–Crippen LogP) is 5.44. The summed E-state index contributed by atoms with van der Waals surface area (Å²) in [6.07, 6.45) is 3.39. The van der Waals surface area contributed by atoms with Crippen LogP contribution in [-0.4, -0.2) is 0 Å². The largest absolute Gasteiger partial charge is 0.0843 e. The van der Waals surface area contributed by atoms with E-state index in [-0.39, 0.29) is 0 Å². The second-order valence-electron chi connectivity index (χ2n) is 3.86. The molecule has 0 radical (unpaired) electrons. The normalized spacial score (nSPS) is 14.1. The Labute approximate surface area is 102 Å². The van der Waals surface area contributed by atoms with Crippen molar-refractivity contribution in [3.63, 3.8) is 0 Å². The molecule has 1 unspecified atom stereocenters. The minimum Gasteiger partial charge on any atom is -0.0843 e. The lowest BCUT2D eigenvalue weighted by molar-refractivity contribution is 0.699. The molecule has 0 aliphatic rings. The van der Waals surface area contributed by atoms with E-state index in [1.54, 1.807) is 6.07 Å². The SMILES string of the molecule is CCC(C)/C=C(\C)c1ccc(Cl)cc1Cl. The average molecular weight is 243 g/mol. The van der Waals surface area contributed by atoms with Crippen LogP contribution in [0.2, 0.25) is 10.0 Å². The Bertz CT molecular complexity index is 367. The zero-order valence-electron chi connectivity index (χ0n) is 9.35. The maximum Gasteiger partial charge on any atom is 0.0495 e. The van der Waals surface area contributed by atoms with Crippen LogP contribution >= 0.6 is 23.2 Å². The highest BCUT2D eigenvalue weighted by Gasteiger charge is 2.04. The summed E-state index contributed by atoms with van der Waals surface area (Å²) < 4.78 is 0. The minimum atomic E-state index is 0.580. The number of hydrogen-bond acceptors (Lipinski definition) is 0. The third kappa shape index (κ3) is 3.55. The van der Waals surface area contributed by atoms with Gasteiger partial charge < -0.3 is 0 Å². The van der Waals surface area contributed by atoms with Crippen molar-refractivity contribution in [1.29, 1.82) is 0 Å². The van der Waals surface area contributed by atoms with E-state index in [4.69, 9.17) is 23.2 Å². The molecule has 1 aromatic rings. The molecule has 0 N–H and O–H groups in total. The summed E-state index contributed by atoms with van der Waals surface area (Å²) >= 11 is 12.0. The zero-order chi connectivity index (χ0) is 11.4. The fourth-order valence-corrected chi connectivity index (χ4v) is 2.00. The summed E-state index contributed by atoms with van der Waals surface area (Å²) in [5.41, 5.74) is 2.28. The molecule has 0 aromatic heterocycles. The van der Waals surface area contributed by atoms with E-state index in [0.29, 0.717) is 10.9 Å². The number of hydrogen-bond donors (Lipinski definition) is 0. The van der Waals surface area contributed by atoms with E-state index in [0.717, 1.165) is 17.0 Å². The quantitative estimate of drug-likeness (QED) is 0.662. The van der Waals surface area contributed by atoms with Crippen molar-refractivity contribution in [2.75, 3.05) is 0 Å². The number of rotatable bonds is 3. The molecule has 0 fully saturated rings. The first kappa shape index (κ1) is 12.6. The third-order valence-electron chi connectivity index (χ3n) is 2.53. The molecule has 0 saturated carbocycles. The van der Waals surface area contributed by atoms with Crippen LogP contribution in [-0.2, 0) is 0 Å². The van der Waals surface area contributed by atoms with Gasteiger partial charge in [0, 0.05) is 10.0 Å². The first-order chi connectivity index (χ1) is 7.04. The van der Waals surface area contributed by atoms with Crippen molar-refractivity contribution in [2.45, 2.75) is 27.2 Å². The zero-order valence-corrected chi connectivity index (χ0v) is 10.9. The first-order valence-corrected chi connectivity index (χ1v) is 5.94. The van der Waals surface area contributed by atoms with Gasteiger partial charge in [-0.3, -0.25) is 0 Å². The van der Waals surface area contributed by atoms with Crippen molar-refractivity contribution in [3.05, 3.63) is 39.9 Å². The second-order valence-corrected chi connectivity index (χ2v) is 4.70. The molecule has 1 aromatic carbocycles. The molecule has 0 amide bonds. The lowest BCUT2D eigenvalue weighted by atomic mass is 10.0. The van der Waals surface area contributed by atoms with Gasteiger partial charge in [0.15, 0.2) is 0 Å². The fraction of sp³-hybridized carbons (Fsp3) is 0.385. The lowest BCUT2D eigenvalue weighted by Gasteiger charge is -2.08. The van der Waals surface area contributed by atoms with Crippen molar-refractivity contribution >= 4 is 28.8 Å². The Morgan fingerprint density at radius 1 is 1.40 bits per heavy atom. The van der Waals surface area contributed by atoms with E-state index in [2.05, 4.69) is 26.8 Å². The van der Waals surface area contributed by atoms with Crippen molar-refractivity contribution < 1.29 is 0 Å². The molecule has 0 heterocycles. The number of benzene rings is 1. The van der Waals surface area contributed by atoms with Gasteiger partial charge in [0.25, 0.3) is 0 Å². The van der Waals surface area contributed by atoms with Gasteiger partial charge in [-0.15, -0.1) is 0 Å². The summed E-state index contributed by atoms with van der Waals surface area (Å²) in [5, 5.41) is 1.40. The monoisotopic (exact) mass is 242 g/mol. The van der Waals surface area contributed by atoms with E-state index < -0.39 is 0 Å². The van der Waals surface area contributed by atoms with Crippen LogP contribution < -0.4 is 0 Å². The number of allylic oxidation sites excluding steroid dienone is 2. The van der Waals surface area contributed by atoms with E-state index in [1.165, 1.54) is 5.57 Å². The van der Waals surface area contributed by atoms with Crippen LogP contribution in [0.25, 0.3) is 5.57 Å². The van der Waals surface area contributed by atoms with Gasteiger partial charge in [-0.25, -0.2) is 0 Å². The molecule has 15 heavy (non-hydrogen) atoms. The van der Waals surface area contributed by atoms with Gasteiger partial charge in [0.1, 0.15) is 0 Å². The van der Waals surface area contributed by atoms with Crippen molar-refractivity contribution in [2.24, 2.45) is 5.92 Å². The van der Waals surface area contributed by atoms with E-state index in [1.807, 2.05) is 12.1 Å². The maximum absolute atomic E-state index is 6.13. The first-order valence-electron chi connectivity index (χ1n) is 5.18. The molecule has 1 atom stereocenters. The second kappa shape index (κ2) is 5.58. The summed E-state index contributed by atoms with van der Waals surface area (Å²) in [7, 11) is 0. The molecule has 0 nitrogen and oxygen atoms in total. The Balaban J connectivity index is 3.01. The predicted molar refractivity (Wildman–Crippen MR) is 69.6 cm³/mol. The van der Waals surface area contributed by atoms with Gasteiger partial charge in [0.05, 0.1) is 0 Å². The van der Waals surface area contributed by atoms with Crippen LogP contribution in [0.5, 0.6) is 0 Å². The lowest BCUT2D eigenvalue weighted by Crippen LogP contribution is -1.89. The molecular weight excluding hydrogens is 227 g/mol. The minimum absolute atomic E-state index is 0.580. The highest BCUT2D eigenvalue weighted by molar-refractivity contribution is 6.35. The van der Waals surface area contributed by atoms with Crippen LogP contribution in [0.1, 0.15) is 32.8 Å². The highest BCUT2D eigenvalue weighted by Crippen LogP contribution is 2.27. The summed E-state index contributed by atoms with van der Waals surface area (Å²) in [5.74, 6) is 0.580. The molecule has 0 saturated heterocycles. The molecule has 82 valence electrons. The molecular formula is C13H16Cl2. The van der Waals surface area contributed by atoms with Gasteiger partial charge in [-0.1, -0.05) is 55.6 Å². The van der Waals surface area contributed by atoms with Crippen LogP contribution in [0, 0.1) is 5.92 Å². The van der Waals surface area contributed by atoms with Crippen LogP contribution in [0.3, 0.4) is 0 Å². The number of halogens is 2. The topological polar surface area (TPSA) is 0 Å². The summed E-state index contributed by atoms with van der Waals surface area (Å²) in [4.78, 5) is 0. The summed E-state index contributed by atoms with van der Waals surface area (Å²) in [6.45, 7) is 6.46. The van der Waals surface area contributed by atoms with Crippen molar-refractivity contribution in [1.82, 2.24) is 0 Å². The van der Waals surface area contributed by atoms with E-state index >= 15 is 0 Å². The molecule has 0 aliphatic heterocycles. The third-order valence-corrected chi connectivity index (χ3v) is 3.08. The van der Waals surface area contributed by atoms with Gasteiger partial charge in [0.2, 0.25) is 0 Å². The average Bonchev–Trinajstić information content (AvgIpc) is 2.17. The Morgan fingerprint density at radius 3 is 2.60 bits per heavy atom. The molecule has 0 spiro atoms. The molecule has 2 heteroatoms. The smallest absolute Gasteiger partial charge is 0.0495 e.